The number of anilines is 1. The van der Waals surface area contributed by atoms with E-state index in [2.05, 4.69) is 48.3 Å². The zero-order valence-corrected chi connectivity index (χ0v) is 14.8. The second-order valence-corrected chi connectivity index (χ2v) is 7.73. The molecule has 4 rings (SSSR count). The fraction of sp³-hybridized carbons (Fsp3) is 0.250. The summed E-state index contributed by atoms with van der Waals surface area (Å²) in [7, 11) is 2.07. The van der Waals surface area contributed by atoms with E-state index in [4.69, 9.17) is 5.73 Å². The Labute approximate surface area is 150 Å². The van der Waals surface area contributed by atoms with Crippen LogP contribution in [0.4, 0.5) is 5.00 Å². The molecule has 128 valence electrons. The molecule has 3 N–H and O–H groups in total. The first-order valence-electron chi connectivity index (χ1n) is 8.32. The predicted molar refractivity (Wildman–Crippen MR) is 102 cm³/mol. The third-order valence-corrected chi connectivity index (χ3v) is 6.10. The highest BCUT2D eigenvalue weighted by molar-refractivity contribution is 7.22. The van der Waals surface area contributed by atoms with Crippen molar-refractivity contribution >= 4 is 32.3 Å². The lowest BCUT2D eigenvalue weighted by Crippen LogP contribution is -2.28. The first-order valence-corrected chi connectivity index (χ1v) is 9.13. The summed E-state index contributed by atoms with van der Waals surface area (Å²) in [5.74, 6) is -1.05. The highest BCUT2D eigenvalue weighted by Crippen LogP contribution is 2.35. The molecular formula is C20H20N2O2S. The van der Waals surface area contributed by atoms with Gasteiger partial charge in [-0.3, -0.25) is 4.79 Å². The average Bonchev–Trinajstić information content (AvgIpc) is 3.14. The number of aliphatic hydroxyl groups is 1. The Balaban J connectivity index is 1.60. The third kappa shape index (κ3) is 2.90. The molecule has 5 heteroatoms. The number of carbonyl (C=O) groups excluding carboxylic acids is 1. The Morgan fingerprint density at radius 2 is 2.08 bits per heavy atom. The van der Waals surface area contributed by atoms with E-state index < -0.39 is 17.9 Å². The number of hydrogen-bond donors (Lipinski definition) is 2. The number of thiophene rings is 1. The molecule has 0 spiro atoms. The fourth-order valence-corrected chi connectivity index (χ4v) is 4.64. The number of carbonyl (C=O) groups is 1. The number of fused-ring (bicyclic) bond motifs is 2. The monoisotopic (exact) mass is 352 g/mol. The van der Waals surface area contributed by atoms with Crippen LogP contribution in [-0.4, -0.2) is 24.2 Å². The lowest BCUT2D eigenvalue weighted by molar-refractivity contribution is -0.121. The van der Waals surface area contributed by atoms with Crippen molar-refractivity contribution in [3.05, 3.63) is 65.2 Å². The van der Waals surface area contributed by atoms with E-state index in [1.54, 1.807) is 11.3 Å². The highest BCUT2D eigenvalue weighted by atomic mass is 32.1. The first kappa shape index (κ1) is 16.1. The molecule has 0 saturated heterocycles. The summed E-state index contributed by atoms with van der Waals surface area (Å²) in [6, 6.07) is 16.7. The van der Waals surface area contributed by atoms with Gasteiger partial charge in [0.05, 0.1) is 17.0 Å². The normalized spacial score (nSPS) is 19.1. The Morgan fingerprint density at radius 3 is 2.84 bits per heavy atom. The molecule has 0 aliphatic heterocycles. The van der Waals surface area contributed by atoms with Gasteiger partial charge in [0, 0.05) is 18.3 Å². The topological polar surface area (TPSA) is 66.6 Å². The Kier molecular flexibility index (Phi) is 3.98. The molecule has 0 unspecified atom stereocenters. The summed E-state index contributed by atoms with van der Waals surface area (Å²) in [5.41, 5.74) is 8.49. The van der Waals surface area contributed by atoms with E-state index >= 15 is 0 Å². The molecule has 3 aromatic rings. The van der Waals surface area contributed by atoms with Crippen LogP contribution in [0.1, 0.15) is 22.6 Å². The summed E-state index contributed by atoms with van der Waals surface area (Å²) in [4.78, 5) is 13.9. The van der Waals surface area contributed by atoms with E-state index in [0.29, 0.717) is 6.42 Å². The molecule has 4 nitrogen and oxygen atoms in total. The van der Waals surface area contributed by atoms with Gasteiger partial charge in [0.2, 0.25) is 5.91 Å². The lowest BCUT2D eigenvalue weighted by Gasteiger charge is -2.18. The Bertz CT molecular complexity index is 917. The van der Waals surface area contributed by atoms with Crippen LogP contribution in [0, 0.1) is 0 Å². The maximum Gasteiger partial charge on any atom is 0.227 e. The minimum atomic E-state index is -0.705. The smallest absolute Gasteiger partial charge is 0.227 e. The van der Waals surface area contributed by atoms with E-state index in [1.807, 2.05) is 12.1 Å². The molecule has 0 saturated carbocycles. The Hall–Kier alpha value is -2.37. The van der Waals surface area contributed by atoms with E-state index in [1.165, 1.54) is 15.1 Å². The molecule has 2 atom stereocenters. The lowest BCUT2D eigenvalue weighted by atomic mass is 9.97. The zero-order chi connectivity index (χ0) is 17.6. The maximum absolute atomic E-state index is 11.7. The first-order chi connectivity index (χ1) is 12.0. The molecule has 0 fully saturated rings. The van der Waals surface area contributed by atoms with Crippen molar-refractivity contribution in [1.82, 2.24) is 0 Å². The summed E-state index contributed by atoms with van der Waals surface area (Å²) in [5, 5.41) is 12.6. The second kappa shape index (κ2) is 6.17. The van der Waals surface area contributed by atoms with Gasteiger partial charge in [-0.05, 0) is 40.6 Å². The molecule has 1 aromatic heterocycles. The number of benzene rings is 2. The number of nitrogens with zero attached hydrogens (tertiary/aromatic N) is 1. The van der Waals surface area contributed by atoms with Gasteiger partial charge in [-0.2, -0.15) is 0 Å². The van der Waals surface area contributed by atoms with Gasteiger partial charge in [-0.1, -0.05) is 36.4 Å². The van der Waals surface area contributed by atoms with E-state index in [-0.39, 0.29) is 0 Å². The molecule has 1 aliphatic rings. The number of rotatable bonds is 4. The van der Waals surface area contributed by atoms with Crippen LogP contribution in [0.3, 0.4) is 0 Å². The second-order valence-electron chi connectivity index (χ2n) is 6.66. The minimum Gasteiger partial charge on any atom is -0.392 e. The van der Waals surface area contributed by atoms with Gasteiger partial charge in [-0.25, -0.2) is 0 Å². The molecule has 2 aromatic carbocycles. The van der Waals surface area contributed by atoms with Crippen molar-refractivity contribution in [2.45, 2.75) is 25.0 Å². The summed E-state index contributed by atoms with van der Waals surface area (Å²) < 4.78 is 1.27. The molecule has 1 amide bonds. The van der Waals surface area contributed by atoms with Crippen LogP contribution >= 0.6 is 11.3 Å². The number of primary amides is 1. The van der Waals surface area contributed by atoms with Crippen molar-refractivity contribution < 1.29 is 9.90 Å². The molecule has 0 radical (unpaired) electrons. The SMILES string of the molecule is CN(Cc1ccc2c(c1)[C@@H](C(N)=O)[C@H](O)C2)c1cc2ccccc2s1. The van der Waals surface area contributed by atoms with Gasteiger partial charge >= 0.3 is 0 Å². The van der Waals surface area contributed by atoms with Crippen LogP contribution in [0.15, 0.2) is 48.5 Å². The van der Waals surface area contributed by atoms with Crippen LogP contribution in [0.5, 0.6) is 0 Å². The van der Waals surface area contributed by atoms with E-state index in [0.717, 1.165) is 23.2 Å². The Morgan fingerprint density at radius 1 is 1.28 bits per heavy atom. The van der Waals surface area contributed by atoms with E-state index in [9.17, 15) is 9.90 Å². The fourth-order valence-electron chi connectivity index (χ4n) is 3.62. The highest BCUT2D eigenvalue weighted by Gasteiger charge is 2.35. The van der Waals surface area contributed by atoms with Crippen molar-refractivity contribution in [3.63, 3.8) is 0 Å². The summed E-state index contributed by atoms with van der Waals surface area (Å²) >= 11 is 1.77. The minimum absolute atomic E-state index is 0.457. The zero-order valence-electron chi connectivity index (χ0n) is 14.0. The van der Waals surface area contributed by atoms with Gasteiger partial charge in [0.15, 0.2) is 0 Å². The third-order valence-electron chi connectivity index (χ3n) is 4.87. The van der Waals surface area contributed by atoms with Crippen LogP contribution < -0.4 is 10.6 Å². The van der Waals surface area contributed by atoms with Crippen molar-refractivity contribution in [1.29, 1.82) is 0 Å². The molecule has 1 heterocycles. The van der Waals surface area contributed by atoms with Gasteiger partial charge in [-0.15, -0.1) is 11.3 Å². The number of aliphatic hydroxyl groups excluding tert-OH is 1. The largest absolute Gasteiger partial charge is 0.392 e. The van der Waals surface area contributed by atoms with Crippen molar-refractivity contribution in [2.75, 3.05) is 11.9 Å². The standard InChI is InChI=1S/C20H20N2O2S/c1-22(18-10-14-4-2-3-5-17(14)25-18)11-12-6-7-13-9-16(23)19(20(21)24)15(13)8-12/h2-8,10,16,19,23H,9,11H2,1H3,(H2,21,24)/t16-,19-/m1/s1. The molecule has 25 heavy (non-hydrogen) atoms. The van der Waals surface area contributed by atoms with Crippen LogP contribution in [-0.2, 0) is 17.8 Å². The van der Waals surface area contributed by atoms with Crippen LogP contribution in [0.2, 0.25) is 0 Å². The van der Waals surface area contributed by atoms with Crippen LogP contribution in [0.25, 0.3) is 10.1 Å². The number of amides is 1. The van der Waals surface area contributed by atoms with Gasteiger partial charge < -0.3 is 15.7 Å². The predicted octanol–water partition coefficient (Wildman–Crippen LogP) is 3.02. The van der Waals surface area contributed by atoms with Crippen molar-refractivity contribution in [3.8, 4) is 0 Å². The number of nitrogens with two attached hydrogens (primary N) is 1. The summed E-state index contributed by atoms with van der Waals surface area (Å²) in [6.45, 7) is 0.738. The molecule has 0 bridgehead atoms. The quantitative estimate of drug-likeness (QED) is 0.758. The van der Waals surface area contributed by atoms with Gasteiger partial charge in [0.1, 0.15) is 0 Å². The molecular weight excluding hydrogens is 332 g/mol. The molecule has 1 aliphatic carbocycles. The average molecular weight is 352 g/mol. The number of hydrogen-bond acceptors (Lipinski definition) is 4. The van der Waals surface area contributed by atoms with Crippen molar-refractivity contribution in [2.24, 2.45) is 5.73 Å². The summed E-state index contributed by atoms with van der Waals surface area (Å²) in [6.07, 6.45) is -0.210. The van der Waals surface area contributed by atoms with Gasteiger partial charge in [0.25, 0.3) is 0 Å². The maximum atomic E-state index is 11.7.